The Hall–Kier alpha value is -3.17. The zero-order valence-electron chi connectivity index (χ0n) is 19.9. The van der Waals surface area contributed by atoms with Crippen molar-refractivity contribution in [2.75, 3.05) is 44.2 Å². The molecular weight excluding hydrogens is 438 g/mol. The fraction of sp³-hybridized carbons (Fsp3) is 0.625. The number of imide groups is 1. The lowest BCUT2D eigenvalue weighted by Gasteiger charge is -2.33. The molecule has 184 valence electrons. The van der Waals surface area contributed by atoms with Crippen molar-refractivity contribution in [2.45, 2.75) is 51.5 Å². The Balaban J connectivity index is 1.33. The van der Waals surface area contributed by atoms with Gasteiger partial charge < -0.3 is 19.9 Å². The minimum atomic E-state index is -0.832. The maximum absolute atomic E-state index is 13.1. The lowest BCUT2D eigenvalue weighted by atomic mass is 9.77. The van der Waals surface area contributed by atoms with Crippen LogP contribution >= 0.6 is 0 Å². The van der Waals surface area contributed by atoms with E-state index >= 15 is 0 Å². The molecule has 3 aliphatic rings. The van der Waals surface area contributed by atoms with Crippen LogP contribution in [-0.2, 0) is 14.3 Å². The highest BCUT2D eigenvalue weighted by atomic mass is 16.5. The highest BCUT2D eigenvalue weighted by Gasteiger charge is 2.52. The first-order valence-electron chi connectivity index (χ1n) is 12.1. The molecule has 2 aliphatic heterocycles. The summed E-state index contributed by atoms with van der Waals surface area (Å²) in [6.45, 7) is 6.27. The summed E-state index contributed by atoms with van der Waals surface area (Å²) in [6.07, 6.45) is 5.28. The summed E-state index contributed by atoms with van der Waals surface area (Å²) >= 11 is 0. The molecule has 1 N–H and O–H groups in total. The molecule has 1 aromatic heterocycles. The molecule has 4 rings (SSSR count). The van der Waals surface area contributed by atoms with Gasteiger partial charge >= 0.3 is 12.0 Å². The van der Waals surface area contributed by atoms with Gasteiger partial charge in [-0.05, 0) is 57.1 Å². The topological polar surface area (TPSA) is 112 Å². The second-order valence-corrected chi connectivity index (χ2v) is 9.43. The van der Waals surface area contributed by atoms with E-state index in [1.165, 1.54) is 6.20 Å². The van der Waals surface area contributed by atoms with Crippen LogP contribution in [0.5, 0.6) is 0 Å². The van der Waals surface area contributed by atoms with Crippen LogP contribution in [0.2, 0.25) is 0 Å². The van der Waals surface area contributed by atoms with Crippen LogP contribution in [0.1, 0.15) is 56.3 Å². The maximum Gasteiger partial charge on any atom is 0.339 e. The van der Waals surface area contributed by atoms with Crippen molar-refractivity contribution in [1.82, 2.24) is 20.1 Å². The second kappa shape index (κ2) is 9.99. The molecule has 2 saturated heterocycles. The van der Waals surface area contributed by atoms with Gasteiger partial charge in [0.05, 0.1) is 12.2 Å². The van der Waals surface area contributed by atoms with Gasteiger partial charge in [-0.3, -0.25) is 14.5 Å². The first-order chi connectivity index (χ1) is 16.3. The van der Waals surface area contributed by atoms with Gasteiger partial charge in [0.15, 0.2) is 0 Å². The minimum Gasteiger partial charge on any atom is -0.462 e. The van der Waals surface area contributed by atoms with Gasteiger partial charge in [-0.2, -0.15) is 0 Å². The quantitative estimate of drug-likeness (QED) is 0.515. The third kappa shape index (κ3) is 4.85. The highest BCUT2D eigenvalue weighted by molar-refractivity contribution is 6.09. The molecule has 0 bridgehead atoms. The van der Waals surface area contributed by atoms with Gasteiger partial charge in [0, 0.05) is 32.4 Å². The van der Waals surface area contributed by atoms with Crippen LogP contribution < -0.4 is 10.2 Å². The van der Waals surface area contributed by atoms with Gasteiger partial charge in [0.2, 0.25) is 5.91 Å². The number of nitrogens with zero attached hydrogens (tertiary/aromatic N) is 4. The van der Waals surface area contributed by atoms with E-state index in [4.69, 9.17) is 4.74 Å². The Morgan fingerprint density at radius 3 is 2.59 bits per heavy atom. The number of pyridine rings is 1. The van der Waals surface area contributed by atoms with Gasteiger partial charge in [-0.15, -0.1) is 0 Å². The molecule has 1 saturated carbocycles. The standard InChI is InChI=1S/C24H33N5O5/c1-3-34-21(31)18-5-6-19(25-15-18)27-11-4-12-28(14-13-27)20(30)16-29-22(32)24(26-23(29)33)9-7-17(2)8-10-24/h5-6,15,17H,3-4,7-14,16H2,1-2H3,(H,26,33). The van der Waals surface area contributed by atoms with E-state index in [2.05, 4.69) is 22.1 Å². The van der Waals surface area contributed by atoms with Crippen molar-refractivity contribution in [2.24, 2.45) is 5.92 Å². The van der Waals surface area contributed by atoms with Gasteiger partial charge in [-0.25, -0.2) is 14.6 Å². The van der Waals surface area contributed by atoms with Crippen molar-refractivity contribution < 1.29 is 23.9 Å². The number of anilines is 1. The van der Waals surface area contributed by atoms with E-state index < -0.39 is 17.5 Å². The molecule has 10 heteroatoms. The molecule has 1 aromatic rings. The minimum absolute atomic E-state index is 0.225. The summed E-state index contributed by atoms with van der Waals surface area (Å²) in [5, 5.41) is 2.88. The third-order valence-corrected chi connectivity index (χ3v) is 7.10. The zero-order chi connectivity index (χ0) is 24.3. The number of hydrogen-bond donors (Lipinski definition) is 1. The summed E-state index contributed by atoms with van der Waals surface area (Å²) < 4.78 is 4.99. The van der Waals surface area contributed by atoms with Gasteiger partial charge in [0.1, 0.15) is 17.9 Å². The number of carbonyl (C=O) groups is 4. The van der Waals surface area contributed by atoms with Crippen molar-refractivity contribution in [3.05, 3.63) is 23.9 Å². The molecule has 0 atom stereocenters. The lowest BCUT2D eigenvalue weighted by molar-refractivity contribution is -0.139. The molecule has 3 fully saturated rings. The van der Waals surface area contributed by atoms with E-state index in [1.807, 2.05) is 0 Å². The molecule has 10 nitrogen and oxygen atoms in total. The van der Waals surface area contributed by atoms with Crippen LogP contribution in [0.25, 0.3) is 0 Å². The SMILES string of the molecule is CCOC(=O)c1ccc(N2CCCN(C(=O)CN3C(=O)NC4(CCC(C)CC4)C3=O)CC2)nc1. The van der Waals surface area contributed by atoms with E-state index in [-0.39, 0.29) is 18.4 Å². The molecule has 3 heterocycles. The summed E-state index contributed by atoms with van der Waals surface area (Å²) in [5.74, 6) is 0.378. The molecule has 1 aliphatic carbocycles. The van der Waals surface area contributed by atoms with E-state index in [0.717, 1.165) is 30.0 Å². The maximum atomic E-state index is 13.1. The molecule has 4 amide bonds. The predicted molar refractivity (Wildman–Crippen MR) is 124 cm³/mol. The molecule has 34 heavy (non-hydrogen) atoms. The number of hydrogen-bond acceptors (Lipinski definition) is 7. The smallest absolute Gasteiger partial charge is 0.339 e. The van der Waals surface area contributed by atoms with Crippen LogP contribution in [0.15, 0.2) is 18.3 Å². The van der Waals surface area contributed by atoms with Crippen molar-refractivity contribution in [3.8, 4) is 0 Å². The molecule has 0 unspecified atom stereocenters. The van der Waals surface area contributed by atoms with Crippen LogP contribution in [0, 0.1) is 5.92 Å². The average molecular weight is 472 g/mol. The number of urea groups is 1. The first-order valence-corrected chi connectivity index (χ1v) is 12.1. The Morgan fingerprint density at radius 1 is 1.15 bits per heavy atom. The van der Waals surface area contributed by atoms with Gasteiger partial charge in [-0.1, -0.05) is 6.92 Å². The molecule has 1 spiro atoms. The van der Waals surface area contributed by atoms with Crippen molar-refractivity contribution in [1.29, 1.82) is 0 Å². The lowest BCUT2D eigenvalue weighted by Crippen LogP contribution is -2.50. The number of carbonyl (C=O) groups excluding carboxylic acids is 4. The van der Waals surface area contributed by atoms with E-state index in [0.29, 0.717) is 57.1 Å². The Bertz CT molecular complexity index is 942. The van der Waals surface area contributed by atoms with Crippen LogP contribution in [-0.4, -0.2) is 83.5 Å². The third-order valence-electron chi connectivity index (χ3n) is 7.10. The number of nitrogens with one attached hydrogen (secondary N) is 1. The molecule has 0 aromatic carbocycles. The largest absolute Gasteiger partial charge is 0.462 e. The summed E-state index contributed by atoms with van der Waals surface area (Å²) in [6, 6.07) is 3.00. The zero-order valence-corrected chi connectivity index (χ0v) is 19.9. The summed E-state index contributed by atoms with van der Waals surface area (Å²) in [5.41, 5.74) is -0.433. The average Bonchev–Trinajstić information content (AvgIpc) is 3.00. The Morgan fingerprint density at radius 2 is 1.91 bits per heavy atom. The Kier molecular flexibility index (Phi) is 7.04. The first kappa shape index (κ1) is 24.0. The predicted octanol–water partition coefficient (Wildman–Crippen LogP) is 1.80. The summed E-state index contributed by atoms with van der Waals surface area (Å²) in [4.78, 5) is 59.7. The van der Waals surface area contributed by atoms with Crippen LogP contribution in [0.4, 0.5) is 10.6 Å². The van der Waals surface area contributed by atoms with Crippen molar-refractivity contribution >= 4 is 29.6 Å². The Labute approximate surface area is 199 Å². The number of rotatable bonds is 5. The second-order valence-electron chi connectivity index (χ2n) is 9.43. The number of esters is 1. The van der Waals surface area contributed by atoms with E-state index in [1.54, 1.807) is 24.0 Å². The monoisotopic (exact) mass is 471 g/mol. The molecular formula is C24H33N5O5. The molecule has 0 radical (unpaired) electrons. The fourth-order valence-electron chi connectivity index (χ4n) is 4.95. The van der Waals surface area contributed by atoms with E-state index in [9.17, 15) is 19.2 Å². The normalized spacial score (nSPS) is 25.4. The van der Waals surface area contributed by atoms with Gasteiger partial charge in [0.25, 0.3) is 5.91 Å². The highest BCUT2D eigenvalue weighted by Crippen LogP contribution is 2.36. The van der Waals surface area contributed by atoms with Crippen LogP contribution in [0.3, 0.4) is 0 Å². The summed E-state index contributed by atoms with van der Waals surface area (Å²) in [7, 11) is 0. The number of aromatic nitrogens is 1. The number of ether oxygens (including phenoxy) is 1. The fourth-order valence-corrected chi connectivity index (χ4v) is 4.95. The number of amides is 4. The van der Waals surface area contributed by atoms with Crippen molar-refractivity contribution in [3.63, 3.8) is 0 Å².